The zero-order chi connectivity index (χ0) is 30.3. The van der Waals surface area contributed by atoms with Gasteiger partial charge in [-0.1, -0.05) is 19.0 Å². The minimum absolute atomic E-state index is 0.140. The third-order valence-corrected chi connectivity index (χ3v) is 6.74. The third-order valence-electron chi connectivity index (χ3n) is 6.74. The first-order valence-electron chi connectivity index (χ1n) is 14.1. The summed E-state index contributed by atoms with van der Waals surface area (Å²) in [4.78, 5) is 17.5. The highest BCUT2D eigenvalue weighted by Gasteiger charge is 2.46. The van der Waals surface area contributed by atoms with Crippen LogP contribution in [0.3, 0.4) is 0 Å². The average molecular weight is 578 g/mol. The maximum absolute atomic E-state index is 12.8. The zero-order valence-corrected chi connectivity index (χ0v) is 25.5. The number of nitrogens with zero attached hydrogens (tertiary/aromatic N) is 2. The van der Waals surface area contributed by atoms with Gasteiger partial charge in [0.25, 0.3) is 5.89 Å². The monoisotopic (exact) mass is 577 g/mol. The average Bonchev–Trinajstić information content (AvgIpc) is 3.56. The van der Waals surface area contributed by atoms with Crippen molar-refractivity contribution in [1.29, 1.82) is 0 Å². The quantitative estimate of drug-likeness (QED) is 0.248. The zero-order valence-electron chi connectivity index (χ0n) is 25.5. The van der Waals surface area contributed by atoms with Gasteiger partial charge in [0.1, 0.15) is 28.2 Å². The lowest BCUT2D eigenvalue weighted by molar-refractivity contribution is -0.274. The molecule has 10 nitrogen and oxygen atoms in total. The molecule has 0 spiro atoms. The molecule has 5 rings (SSSR count). The standard InChI is InChI=1S/C32H39N3O7/c1-19(2)16-37-24-11-10-22(13-20(24)3)28-33-27(35-42-28)21-9-12-25-23(14-21)15-26(40-25)32(17-38-31(7,8)39-18-32)34-29(36)41-30(4,5)6/h9-15,19H,16-18H2,1-8H3,(H,34,36). The van der Waals surface area contributed by atoms with Crippen LogP contribution in [0.1, 0.15) is 59.8 Å². The van der Waals surface area contributed by atoms with Gasteiger partial charge in [-0.15, -0.1) is 0 Å². The molecule has 1 N–H and O–H groups in total. The van der Waals surface area contributed by atoms with Gasteiger partial charge in [-0.2, -0.15) is 4.98 Å². The first-order valence-corrected chi connectivity index (χ1v) is 14.1. The Morgan fingerprint density at radius 2 is 1.76 bits per heavy atom. The molecule has 1 fully saturated rings. The predicted molar refractivity (Wildman–Crippen MR) is 157 cm³/mol. The molecule has 224 valence electrons. The van der Waals surface area contributed by atoms with Crippen LogP contribution < -0.4 is 10.1 Å². The topological polar surface area (TPSA) is 118 Å². The van der Waals surface area contributed by atoms with Crippen LogP contribution in [0.25, 0.3) is 33.8 Å². The first kappa shape index (κ1) is 29.6. The number of hydrogen-bond acceptors (Lipinski definition) is 9. The number of aromatic nitrogens is 2. The molecule has 42 heavy (non-hydrogen) atoms. The molecule has 1 amide bonds. The van der Waals surface area contributed by atoms with E-state index in [1.807, 2.05) is 63.2 Å². The molecule has 1 saturated heterocycles. The number of nitrogens with one attached hydrogen (secondary N) is 1. The van der Waals surface area contributed by atoms with Crippen molar-refractivity contribution in [2.24, 2.45) is 5.92 Å². The highest BCUT2D eigenvalue weighted by molar-refractivity contribution is 5.83. The van der Waals surface area contributed by atoms with Crippen molar-refractivity contribution >= 4 is 17.1 Å². The second-order valence-electron chi connectivity index (χ2n) is 12.7. The van der Waals surface area contributed by atoms with E-state index in [2.05, 4.69) is 29.3 Å². The molecule has 2 aromatic carbocycles. The molecule has 0 saturated carbocycles. The second kappa shape index (κ2) is 11.1. The molecular weight excluding hydrogens is 538 g/mol. The SMILES string of the molecule is Cc1cc(-c2nc(-c3ccc4oc(C5(NC(=O)OC(C)(C)C)COC(C)(C)OC5)cc4c3)no2)ccc1OCC(C)C. The number of fused-ring (bicyclic) bond motifs is 1. The summed E-state index contributed by atoms with van der Waals surface area (Å²) in [7, 11) is 0. The first-order chi connectivity index (χ1) is 19.7. The van der Waals surface area contributed by atoms with Gasteiger partial charge in [0.2, 0.25) is 5.82 Å². The summed E-state index contributed by atoms with van der Waals surface area (Å²) in [6.45, 7) is 16.2. The van der Waals surface area contributed by atoms with Gasteiger partial charge in [0.05, 0.1) is 19.8 Å². The Labute approximate surface area is 245 Å². The van der Waals surface area contributed by atoms with E-state index in [9.17, 15) is 4.79 Å². The number of furan rings is 1. The van der Waals surface area contributed by atoms with Crippen LogP contribution >= 0.6 is 0 Å². The van der Waals surface area contributed by atoms with Crippen LogP contribution in [0.2, 0.25) is 0 Å². The van der Waals surface area contributed by atoms with Gasteiger partial charge in [-0.05, 0) is 95.5 Å². The van der Waals surface area contributed by atoms with E-state index in [0.717, 1.165) is 27.8 Å². The fourth-order valence-corrected chi connectivity index (χ4v) is 4.53. The Balaban J connectivity index is 1.41. The van der Waals surface area contributed by atoms with Crippen molar-refractivity contribution in [2.45, 2.75) is 72.3 Å². The number of hydrogen-bond donors (Lipinski definition) is 1. The second-order valence-corrected chi connectivity index (χ2v) is 12.7. The highest BCUT2D eigenvalue weighted by atomic mass is 16.7. The molecule has 0 aliphatic carbocycles. The summed E-state index contributed by atoms with van der Waals surface area (Å²) in [5.74, 6) is 1.82. The normalized spacial score (nSPS) is 16.5. The van der Waals surface area contributed by atoms with Crippen molar-refractivity contribution < 1.29 is 32.7 Å². The van der Waals surface area contributed by atoms with E-state index >= 15 is 0 Å². The molecule has 2 aromatic heterocycles. The van der Waals surface area contributed by atoms with Crippen LogP contribution in [0.5, 0.6) is 5.75 Å². The summed E-state index contributed by atoms with van der Waals surface area (Å²) < 4.78 is 35.1. The molecule has 3 heterocycles. The Bertz CT molecular complexity index is 1570. The Kier molecular flexibility index (Phi) is 7.80. The van der Waals surface area contributed by atoms with Crippen molar-refractivity contribution in [3.05, 3.63) is 53.8 Å². The van der Waals surface area contributed by atoms with E-state index in [4.69, 9.17) is 27.9 Å². The summed E-state index contributed by atoms with van der Waals surface area (Å²) in [6.07, 6.45) is -0.593. The van der Waals surface area contributed by atoms with Crippen LogP contribution in [-0.4, -0.2) is 47.4 Å². The Morgan fingerprint density at radius 3 is 2.43 bits per heavy atom. The van der Waals surface area contributed by atoms with Gasteiger partial charge in [0.15, 0.2) is 5.79 Å². The van der Waals surface area contributed by atoms with Crippen molar-refractivity contribution in [2.75, 3.05) is 19.8 Å². The van der Waals surface area contributed by atoms with E-state index in [0.29, 0.717) is 35.6 Å². The number of aryl methyl sites for hydroxylation is 1. The highest BCUT2D eigenvalue weighted by Crippen LogP contribution is 2.36. The van der Waals surface area contributed by atoms with E-state index in [1.165, 1.54) is 0 Å². The van der Waals surface area contributed by atoms with E-state index in [1.54, 1.807) is 20.8 Å². The maximum atomic E-state index is 12.8. The molecule has 0 atom stereocenters. The number of carbonyl (C=O) groups is 1. The molecule has 0 bridgehead atoms. The van der Waals surface area contributed by atoms with Gasteiger partial charge in [-0.3, -0.25) is 0 Å². The fourth-order valence-electron chi connectivity index (χ4n) is 4.53. The molecule has 1 aliphatic rings. The predicted octanol–water partition coefficient (Wildman–Crippen LogP) is 7.00. The number of amides is 1. The fraction of sp³-hybridized carbons (Fsp3) is 0.469. The smallest absolute Gasteiger partial charge is 0.408 e. The van der Waals surface area contributed by atoms with Crippen molar-refractivity contribution in [1.82, 2.24) is 15.5 Å². The number of alkyl carbamates (subject to hydrolysis) is 1. The van der Waals surface area contributed by atoms with Gasteiger partial charge < -0.3 is 33.2 Å². The summed E-state index contributed by atoms with van der Waals surface area (Å²) in [6, 6.07) is 13.3. The number of ether oxygens (including phenoxy) is 4. The molecule has 4 aromatic rings. The Morgan fingerprint density at radius 1 is 1.05 bits per heavy atom. The number of benzene rings is 2. The molecule has 0 radical (unpaired) electrons. The van der Waals surface area contributed by atoms with Crippen molar-refractivity contribution in [3.8, 4) is 28.6 Å². The minimum atomic E-state index is -1.08. The Hall–Kier alpha value is -3.89. The van der Waals surface area contributed by atoms with Gasteiger partial charge in [-0.25, -0.2) is 4.79 Å². The largest absolute Gasteiger partial charge is 0.493 e. The van der Waals surface area contributed by atoms with Gasteiger partial charge >= 0.3 is 6.09 Å². The van der Waals surface area contributed by atoms with Crippen molar-refractivity contribution in [3.63, 3.8) is 0 Å². The van der Waals surface area contributed by atoms with Crippen LogP contribution in [0, 0.1) is 12.8 Å². The summed E-state index contributed by atoms with van der Waals surface area (Å²) in [5.41, 5.74) is 1.43. The third kappa shape index (κ3) is 6.60. The number of carbonyl (C=O) groups excluding carboxylic acids is 1. The molecule has 10 heteroatoms. The minimum Gasteiger partial charge on any atom is -0.493 e. The lowest BCUT2D eigenvalue weighted by atomic mass is 9.96. The summed E-state index contributed by atoms with van der Waals surface area (Å²) in [5, 5.41) is 7.96. The number of rotatable bonds is 7. The molecular formula is C32H39N3O7. The lowest BCUT2D eigenvalue weighted by Gasteiger charge is -2.42. The van der Waals surface area contributed by atoms with Crippen LogP contribution in [0.15, 0.2) is 51.4 Å². The summed E-state index contributed by atoms with van der Waals surface area (Å²) >= 11 is 0. The molecule has 1 aliphatic heterocycles. The van der Waals surface area contributed by atoms with Crippen LogP contribution in [0.4, 0.5) is 4.79 Å². The lowest BCUT2D eigenvalue weighted by Crippen LogP contribution is -2.59. The maximum Gasteiger partial charge on any atom is 0.408 e. The molecule has 0 unspecified atom stereocenters. The van der Waals surface area contributed by atoms with E-state index < -0.39 is 23.0 Å². The van der Waals surface area contributed by atoms with Gasteiger partial charge in [0, 0.05) is 16.5 Å². The van der Waals surface area contributed by atoms with Crippen LogP contribution in [-0.2, 0) is 19.7 Å². The van der Waals surface area contributed by atoms with E-state index in [-0.39, 0.29) is 13.2 Å².